The number of benzene rings is 1. The Morgan fingerprint density at radius 3 is 2.82 bits per heavy atom. The molecule has 0 aliphatic carbocycles. The lowest BCUT2D eigenvalue weighted by molar-refractivity contribution is -0.111. The summed E-state index contributed by atoms with van der Waals surface area (Å²) in [7, 11) is 3.20. The standard InChI is InChI=1S/C26H33N3O3S/c1-31-22-11-8-19(24(16-22)32-2)9-12-25(30)28-21-10-13-26(27-17-21)33-18-20-6-5-15-29-14-4-3-7-23(20)29/h8-13,16-17,20,23H,3-7,14-15,18H2,1-2H3,(H,28,30)/b12-9+/t20-,23+/m0/s1. The fraction of sp³-hybridized carbons (Fsp3) is 0.462. The number of anilines is 1. The van der Waals surface area contributed by atoms with Crippen LogP contribution in [0, 0.1) is 5.92 Å². The topological polar surface area (TPSA) is 63.7 Å². The minimum Gasteiger partial charge on any atom is -0.497 e. The lowest BCUT2D eigenvalue weighted by Gasteiger charge is -2.44. The largest absolute Gasteiger partial charge is 0.497 e. The number of fused-ring (bicyclic) bond motifs is 1. The van der Waals surface area contributed by atoms with Crippen molar-refractivity contribution in [2.75, 3.05) is 38.4 Å². The lowest BCUT2D eigenvalue weighted by atomic mass is 9.85. The van der Waals surface area contributed by atoms with E-state index in [4.69, 9.17) is 9.47 Å². The van der Waals surface area contributed by atoms with Crippen LogP contribution in [-0.4, -0.2) is 54.9 Å². The number of hydrogen-bond acceptors (Lipinski definition) is 6. The predicted molar refractivity (Wildman–Crippen MR) is 134 cm³/mol. The number of piperidine rings is 2. The molecule has 0 bridgehead atoms. The molecule has 0 spiro atoms. The molecule has 7 heteroatoms. The molecule has 1 amide bonds. The molecule has 2 fully saturated rings. The Balaban J connectivity index is 1.28. The van der Waals surface area contributed by atoms with Gasteiger partial charge in [0.1, 0.15) is 11.5 Å². The summed E-state index contributed by atoms with van der Waals surface area (Å²) in [6.45, 7) is 2.55. The third kappa shape index (κ3) is 6.30. The van der Waals surface area contributed by atoms with Crippen LogP contribution in [0.2, 0.25) is 0 Å². The molecule has 0 saturated carbocycles. The van der Waals surface area contributed by atoms with Gasteiger partial charge in [-0.15, -0.1) is 11.8 Å². The smallest absolute Gasteiger partial charge is 0.248 e. The zero-order valence-electron chi connectivity index (χ0n) is 19.5. The van der Waals surface area contributed by atoms with Crippen molar-refractivity contribution in [2.45, 2.75) is 43.2 Å². The van der Waals surface area contributed by atoms with Gasteiger partial charge in [-0.25, -0.2) is 4.98 Å². The van der Waals surface area contributed by atoms with E-state index in [0.29, 0.717) is 17.2 Å². The van der Waals surface area contributed by atoms with Crippen LogP contribution < -0.4 is 14.8 Å². The summed E-state index contributed by atoms with van der Waals surface area (Å²) in [5, 5.41) is 3.89. The second-order valence-corrected chi connectivity index (χ2v) is 9.67. The summed E-state index contributed by atoms with van der Waals surface area (Å²) in [6, 6.07) is 10.2. The Hall–Kier alpha value is -2.51. The average molecular weight is 468 g/mol. The number of methoxy groups -OCH3 is 2. The molecule has 2 saturated heterocycles. The first kappa shape index (κ1) is 23.6. The van der Waals surface area contributed by atoms with Gasteiger partial charge < -0.3 is 19.7 Å². The first-order chi connectivity index (χ1) is 16.2. The summed E-state index contributed by atoms with van der Waals surface area (Å²) in [6.07, 6.45) is 11.7. The summed E-state index contributed by atoms with van der Waals surface area (Å²) in [5.74, 6) is 3.01. The fourth-order valence-corrected chi connectivity index (χ4v) is 5.87. The summed E-state index contributed by atoms with van der Waals surface area (Å²) in [5.41, 5.74) is 1.49. The molecule has 2 aromatic rings. The van der Waals surface area contributed by atoms with Crippen LogP contribution in [0.1, 0.15) is 37.7 Å². The molecule has 2 aliphatic heterocycles. The molecule has 1 N–H and O–H groups in total. The second-order valence-electron chi connectivity index (χ2n) is 8.63. The molecule has 4 rings (SSSR count). The van der Waals surface area contributed by atoms with Gasteiger partial charge in [0.2, 0.25) is 5.91 Å². The molecule has 0 unspecified atom stereocenters. The molecule has 3 heterocycles. The summed E-state index contributed by atoms with van der Waals surface area (Å²) < 4.78 is 10.6. The molecule has 176 valence electrons. The van der Waals surface area contributed by atoms with E-state index in [1.165, 1.54) is 51.3 Å². The number of thioether (sulfide) groups is 1. The number of pyridine rings is 1. The molecule has 1 aromatic heterocycles. The van der Waals surface area contributed by atoms with Gasteiger partial charge in [-0.1, -0.05) is 6.42 Å². The average Bonchev–Trinajstić information content (AvgIpc) is 2.87. The zero-order chi connectivity index (χ0) is 23.0. The maximum absolute atomic E-state index is 12.4. The van der Waals surface area contributed by atoms with Crippen LogP contribution in [0.3, 0.4) is 0 Å². The second kappa shape index (κ2) is 11.6. The quantitative estimate of drug-likeness (QED) is 0.430. The van der Waals surface area contributed by atoms with Crippen molar-refractivity contribution in [3.63, 3.8) is 0 Å². The molecule has 1 aromatic carbocycles. The van der Waals surface area contributed by atoms with Crippen molar-refractivity contribution in [2.24, 2.45) is 5.92 Å². The predicted octanol–water partition coefficient (Wildman–Crippen LogP) is 5.11. The summed E-state index contributed by atoms with van der Waals surface area (Å²) >= 11 is 1.84. The number of nitrogens with zero attached hydrogens (tertiary/aromatic N) is 2. The van der Waals surface area contributed by atoms with E-state index in [1.807, 2.05) is 36.0 Å². The molecule has 6 nitrogen and oxygen atoms in total. The van der Waals surface area contributed by atoms with Gasteiger partial charge in [0, 0.05) is 29.5 Å². The molecule has 0 radical (unpaired) electrons. The molecule has 33 heavy (non-hydrogen) atoms. The van der Waals surface area contributed by atoms with E-state index in [0.717, 1.165) is 28.3 Å². The van der Waals surface area contributed by atoms with Gasteiger partial charge in [0.15, 0.2) is 0 Å². The number of rotatable bonds is 8. The van der Waals surface area contributed by atoms with E-state index in [1.54, 1.807) is 32.6 Å². The van der Waals surface area contributed by atoms with Crippen LogP contribution in [0.4, 0.5) is 5.69 Å². The Bertz CT molecular complexity index is 962. The summed E-state index contributed by atoms with van der Waals surface area (Å²) in [4.78, 5) is 19.6. The van der Waals surface area contributed by atoms with Crippen LogP contribution in [0.5, 0.6) is 11.5 Å². The van der Waals surface area contributed by atoms with Crippen molar-refractivity contribution >= 4 is 29.4 Å². The van der Waals surface area contributed by atoms with Gasteiger partial charge in [-0.3, -0.25) is 4.79 Å². The van der Waals surface area contributed by atoms with Crippen molar-refractivity contribution in [3.05, 3.63) is 48.2 Å². The van der Waals surface area contributed by atoms with Crippen molar-refractivity contribution in [1.82, 2.24) is 9.88 Å². The van der Waals surface area contributed by atoms with E-state index in [2.05, 4.69) is 15.2 Å². The SMILES string of the molecule is COc1ccc(/C=C/C(=O)Nc2ccc(SC[C@@H]3CCCN4CCCC[C@H]34)nc2)c(OC)c1. The highest BCUT2D eigenvalue weighted by Crippen LogP contribution is 2.34. The van der Waals surface area contributed by atoms with Crippen molar-refractivity contribution in [3.8, 4) is 11.5 Å². The first-order valence-electron chi connectivity index (χ1n) is 11.7. The third-order valence-electron chi connectivity index (χ3n) is 6.53. The molecular formula is C26H33N3O3S. The van der Waals surface area contributed by atoms with E-state index < -0.39 is 0 Å². The highest BCUT2D eigenvalue weighted by atomic mass is 32.2. The highest BCUT2D eigenvalue weighted by molar-refractivity contribution is 7.99. The van der Waals surface area contributed by atoms with Crippen LogP contribution in [0.15, 0.2) is 47.6 Å². The number of amides is 1. The van der Waals surface area contributed by atoms with Crippen molar-refractivity contribution < 1.29 is 14.3 Å². The molecular weight excluding hydrogens is 434 g/mol. The molecule has 2 aliphatic rings. The first-order valence-corrected chi connectivity index (χ1v) is 12.7. The highest BCUT2D eigenvalue weighted by Gasteiger charge is 2.32. The minimum absolute atomic E-state index is 0.213. The van der Waals surface area contributed by atoms with Crippen LogP contribution in [-0.2, 0) is 4.79 Å². The van der Waals surface area contributed by atoms with Crippen LogP contribution >= 0.6 is 11.8 Å². The Kier molecular flexibility index (Phi) is 8.29. The lowest BCUT2D eigenvalue weighted by Crippen LogP contribution is -2.48. The van der Waals surface area contributed by atoms with E-state index in [-0.39, 0.29) is 5.91 Å². The number of nitrogens with one attached hydrogen (secondary N) is 1. The number of ether oxygens (including phenoxy) is 2. The van der Waals surface area contributed by atoms with Crippen LogP contribution in [0.25, 0.3) is 6.08 Å². The number of carbonyl (C=O) groups excluding carboxylic acids is 1. The number of aromatic nitrogens is 1. The Labute approximate surface area is 200 Å². The monoisotopic (exact) mass is 467 g/mol. The minimum atomic E-state index is -0.213. The maximum Gasteiger partial charge on any atom is 0.248 e. The van der Waals surface area contributed by atoms with Gasteiger partial charge >= 0.3 is 0 Å². The van der Waals surface area contributed by atoms with Gasteiger partial charge in [0.05, 0.1) is 31.1 Å². The van der Waals surface area contributed by atoms with Gasteiger partial charge in [-0.05, 0) is 75.0 Å². The molecule has 2 atom stereocenters. The Morgan fingerprint density at radius 1 is 1.15 bits per heavy atom. The number of carbonyl (C=O) groups is 1. The van der Waals surface area contributed by atoms with Gasteiger partial charge in [0.25, 0.3) is 0 Å². The zero-order valence-corrected chi connectivity index (χ0v) is 20.3. The van der Waals surface area contributed by atoms with E-state index >= 15 is 0 Å². The normalized spacial score (nSPS) is 20.9. The number of hydrogen-bond donors (Lipinski definition) is 1. The van der Waals surface area contributed by atoms with Crippen molar-refractivity contribution in [1.29, 1.82) is 0 Å². The fourth-order valence-electron chi connectivity index (χ4n) is 4.81. The van der Waals surface area contributed by atoms with Gasteiger partial charge in [-0.2, -0.15) is 0 Å². The maximum atomic E-state index is 12.4. The third-order valence-corrected chi connectivity index (χ3v) is 7.66. The Morgan fingerprint density at radius 2 is 2.03 bits per heavy atom. The van der Waals surface area contributed by atoms with E-state index in [9.17, 15) is 4.79 Å².